The maximum absolute atomic E-state index is 12.0. The summed E-state index contributed by atoms with van der Waals surface area (Å²) in [5, 5.41) is 12.4. The van der Waals surface area contributed by atoms with Gasteiger partial charge in [0.05, 0.1) is 6.42 Å². The number of para-hydroxylation sites is 1. The van der Waals surface area contributed by atoms with Crippen LogP contribution in [-0.2, 0) is 4.79 Å². The maximum Gasteiger partial charge on any atom is 0.305 e. The number of carboxylic acids is 1. The first-order chi connectivity index (χ1) is 9.10. The third kappa shape index (κ3) is 3.13. The molecule has 1 aromatic heterocycles. The van der Waals surface area contributed by atoms with E-state index in [-0.39, 0.29) is 18.4 Å². The molecule has 0 radical (unpaired) electrons. The number of carbonyl (C=O) groups is 2. The average molecular weight is 260 g/mol. The Labute approximate surface area is 110 Å². The van der Waals surface area contributed by atoms with Crippen molar-refractivity contribution in [2.45, 2.75) is 25.8 Å². The van der Waals surface area contributed by atoms with Crippen LogP contribution >= 0.6 is 0 Å². The highest BCUT2D eigenvalue weighted by Gasteiger charge is 2.16. The molecule has 0 aliphatic rings. The molecular formula is C14H16N2O3. The number of hydrogen-bond acceptors (Lipinski definition) is 2. The number of carboxylic acid groups (broad SMARTS) is 1. The molecule has 2 aromatic rings. The third-order valence-electron chi connectivity index (χ3n) is 3.02. The van der Waals surface area contributed by atoms with Crippen molar-refractivity contribution in [3.8, 4) is 0 Å². The molecule has 0 fully saturated rings. The van der Waals surface area contributed by atoms with Crippen LogP contribution in [0, 0.1) is 0 Å². The Balaban J connectivity index is 2.12. The largest absolute Gasteiger partial charge is 0.481 e. The zero-order chi connectivity index (χ0) is 13.8. The van der Waals surface area contributed by atoms with Gasteiger partial charge in [-0.3, -0.25) is 9.59 Å². The Morgan fingerprint density at radius 1 is 1.37 bits per heavy atom. The molecule has 0 aliphatic carbocycles. The normalized spacial score (nSPS) is 12.3. The van der Waals surface area contributed by atoms with E-state index in [1.165, 1.54) is 0 Å². The van der Waals surface area contributed by atoms with E-state index < -0.39 is 5.97 Å². The number of nitrogens with one attached hydrogen (secondary N) is 2. The summed E-state index contributed by atoms with van der Waals surface area (Å²) in [4.78, 5) is 25.7. The minimum atomic E-state index is -0.913. The smallest absolute Gasteiger partial charge is 0.305 e. The second kappa shape index (κ2) is 5.56. The summed E-state index contributed by atoms with van der Waals surface area (Å²) in [5.74, 6) is -1.19. The lowest BCUT2D eigenvalue weighted by atomic mass is 10.1. The third-order valence-corrected chi connectivity index (χ3v) is 3.02. The van der Waals surface area contributed by atoms with Crippen LogP contribution in [0.4, 0.5) is 0 Å². The number of hydrogen-bond donors (Lipinski definition) is 3. The Bertz CT molecular complexity index is 571. The molecule has 2 rings (SSSR count). The van der Waals surface area contributed by atoms with E-state index in [2.05, 4.69) is 10.3 Å². The molecule has 1 atom stereocenters. The van der Waals surface area contributed by atoms with Crippen LogP contribution in [-0.4, -0.2) is 28.0 Å². The lowest BCUT2D eigenvalue weighted by Crippen LogP contribution is -2.36. The van der Waals surface area contributed by atoms with Crippen molar-refractivity contribution in [1.82, 2.24) is 10.3 Å². The molecule has 5 heteroatoms. The number of amides is 1. The topological polar surface area (TPSA) is 82.2 Å². The molecule has 3 N–H and O–H groups in total. The second-order valence-corrected chi connectivity index (χ2v) is 4.45. The SMILES string of the molecule is CCC(CC(=O)O)NC(=O)c1cc2ccccc2[nH]1. The highest BCUT2D eigenvalue weighted by molar-refractivity contribution is 5.98. The molecule has 100 valence electrons. The van der Waals surface area contributed by atoms with E-state index in [0.29, 0.717) is 12.1 Å². The number of rotatable bonds is 5. The molecule has 0 bridgehead atoms. The highest BCUT2D eigenvalue weighted by Crippen LogP contribution is 2.14. The fraction of sp³-hybridized carbons (Fsp3) is 0.286. The second-order valence-electron chi connectivity index (χ2n) is 4.45. The van der Waals surface area contributed by atoms with Crippen molar-refractivity contribution in [2.75, 3.05) is 0 Å². The molecule has 1 heterocycles. The van der Waals surface area contributed by atoms with Crippen LogP contribution in [0.3, 0.4) is 0 Å². The monoisotopic (exact) mass is 260 g/mol. The van der Waals surface area contributed by atoms with Gasteiger partial charge in [-0.1, -0.05) is 25.1 Å². The molecule has 1 amide bonds. The number of fused-ring (bicyclic) bond motifs is 1. The number of carbonyl (C=O) groups excluding carboxylic acids is 1. The maximum atomic E-state index is 12.0. The van der Waals surface area contributed by atoms with Crippen molar-refractivity contribution in [3.05, 3.63) is 36.0 Å². The highest BCUT2D eigenvalue weighted by atomic mass is 16.4. The van der Waals surface area contributed by atoms with Crippen LogP contribution in [0.15, 0.2) is 30.3 Å². The Morgan fingerprint density at radius 2 is 2.11 bits per heavy atom. The van der Waals surface area contributed by atoms with Crippen LogP contribution in [0.2, 0.25) is 0 Å². The summed E-state index contributed by atoms with van der Waals surface area (Å²) in [5.41, 5.74) is 1.34. The van der Waals surface area contributed by atoms with E-state index in [0.717, 1.165) is 10.9 Å². The van der Waals surface area contributed by atoms with Crippen molar-refractivity contribution in [3.63, 3.8) is 0 Å². The van der Waals surface area contributed by atoms with E-state index in [1.807, 2.05) is 31.2 Å². The fourth-order valence-corrected chi connectivity index (χ4v) is 1.97. The molecule has 0 saturated carbocycles. The van der Waals surface area contributed by atoms with Crippen molar-refractivity contribution in [2.24, 2.45) is 0 Å². The predicted octanol–water partition coefficient (Wildman–Crippen LogP) is 2.15. The minimum Gasteiger partial charge on any atom is -0.481 e. The van der Waals surface area contributed by atoms with Crippen molar-refractivity contribution >= 4 is 22.8 Å². The summed E-state index contributed by atoms with van der Waals surface area (Å²) < 4.78 is 0. The number of H-pyrrole nitrogens is 1. The van der Waals surface area contributed by atoms with E-state index in [1.54, 1.807) is 6.07 Å². The molecule has 5 nitrogen and oxygen atoms in total. The van der Waals surface area contributed by atoms with Gasteiger partial charge in [-0.05, 0) is 18.6 Å². The predicted molar refractivity (Wildman–Crippen MR) is 72.1 cm³/mol. The molecular weight excluding hydrogens is 244 g/mol. The number of aromatic amines is 1. The average Bonchev–Trinajstić information content (AvgIpc) is 2.81. The molecule has 1 unspecified atom stereocenters. The zero-order valence-electron chi connectivity index (χ0n) is 10.6. The van der Waals surface area contributed by atoms with E-state index in [9.17, 15) is 9.59 Å². The summed E-state index contributed by atoms with van der Waals surface area (Å²) in [6, 6.07) is 9.00. The van der Waals surface area contributed by atoms with Gasteiger partial charge in [-0.2, -0.15) is 0 Å². The summed E-state index contributed by atoms with van der Waals surface area (Å²) >= 11 is 0. The van der Waals surface area contributed by atoms with Crippen molar-refractivity contribution in [1.29, 1.82) is 0 Å². The van der Waals surface area contributed by atoms with Gasteiger partial charge in [0.15, 0.2) is 0 Å². The van der Waals surface area contributed by atoms with Crippen molar-refractivity contribution < 1.29 is 14.7 Å². The summed E-state index contributed by atoms with van der Waals surface area (Å²) in [6.45, 7) is 1.85. The first-order valence-electron chi connectivity index (χ1n) is 6.20. The minimum absolute atomic E-state index is 0.0670. The molecule has 0 spiro atoms. The quantitative estimate of drug-likeness (QED) is 0.770. The molecule has 0 aliphatic heterocycles. The number of benzene rings is 1. The zero-order valence-corrected chi connectivity index (χ0v) is 10.6. The number of aliphatic carboxylic acids is 1. The van der Waals surface area contributed by atoms with Gasteiger partial charge in [0, 0.05) is 16.9 Å². The molecule has 1 aromatic carbocycles. The van der Waals surface area contributed by atoms with Gasteiger partial charge >= 0.3 is 5.97 Å². The van der Waals surface area contributed by atoms with Crippen LogP contribution in [0.1, 0.15) is 30.3 Å². The van der Waals surface area contributed by atoms with Gasteiger partial charge in [0.2, 0.25) is 0 Å². The lowest BCUT2D eigenvalue weighted by molar-refractivity contribution is -0.137. The summed E-state index contributed by atoms with van der Waals surface area (Å²) in [6.07, 6.45) is 0.515. The van der Waals surface area contributed by atoms with Gasteiger partial charge in [0.25, 0.3) is 5.91 Å². The van der Waals surface area contributed by atoms with Gasteiger partial charge in [0.1, 0.15) is 5.69 Å². The lowest BCUT2D eigenvalue weighted by Gasteiger charge is -2.13. The van der Waals surface area contributed by atoms with E-state index >= 15 is 0 Å². The first kappa shape index (κ1) is 13.1. The first-order valence-corrected chi connectivity index (χ1v) is 6.20. The Kier molecular flexibility index (Phi) is 3.85. The van der Waals surface area contributed by atoms with Crippen LogP contribution < -0.4 is 5.32 Å². The van der Waals surface area contributed by atoms with Crippen LogP contribution in [0.25, 0.3) is 10.9 Å². The van der Waals surface area contributed by atoms with Gasteiger partial charge in [-0.25, -0.2) is 0 Å². The number of aromatic nitrogens is 1. The van der Waals surface area contributed by atoms with Gasteiger partial charge in [-0.15, -0.1) is 0 Å². The standard InChI is InChI=1S/C14H16N2O3/c1-2-10(8-13(17)18)15-14(19)12-7-9-5-3-4-6-11(9)16-12/h3-7,10,16H,2,8H2,1H3,(H,15,19)(H,17,18). The molecule has 0 saturated heterocycles. The fourth-order valence-electron chi connectivity index (χ4n) is 1.97. The Hall–Kier alpha value is -2.30. The van der Waals surface area contributed by atoms with Crippen LogP contribution in [0.5, 0.6) is 0 Å². The van der Waals surface area contributed by atoms with Gasteiger partial charge < -0.3 is 15.4 Å². The van der Waals surface area contributed by atoms with E-state index in [4.69, 9.17) is 5.11 Å². The Morgan fingerprint density at radius 3 is 2.74 bits per heavy atom. The molecule has 19 heavy (non-hydrogen) atoms. The summed E-state index contributed by atoms with van der Waals surface area (Å²) in [7, 11) is 0.